The smallest absolute Gasteiger partial charge is 0.256 e. The van der Waals surface area contributed by atoms with E-state index in [1.54, 1.807) is 18.5 Å². The Labute approximate surface area is 122 Å². The molecule has 102 valence electrons. The van der Waals surface area contributed by atoms with Gasteiger partial charge in [0.05, 0.1) is 22.3 Å². The van der Waals surface area contributed by atoms with E-state index < -0.39 is 0 Å². The van der Waals surface area contributed by atoms with Gasteiger partial charge in [-0.25, -0.2) is 0 Å². The van der Waals surface area contributed by atoms with Gasteiger partial charge in [0, 0.05) is 25.1 Å². The molecular formula is C15H14ClN3O. The number of pyridine rings is 2. The second-order valence-corrected chi connectivity index (χ2v) is 5.24. The lowest BCUT2D eigenvalue weighted by Crippen LogP contribution is -2.31. The monoisotopic (exact) mass is 287 g/mol. The van der Waals surface area contributed by atoms with Crippen LogP contribution < -0.4 is 0 Å². The van der Waals surface area contributed by atoms with Gasteiger partial charge in [-0.1, -0.05) is 17.7 Å². The minimum Gasteiger partial charge on any atom is -0.330 e. The van der Waals surface area contributed by atoms with Gasteiger partial charge in [-0.15, -0.1) is 0 Å². The first-order chi connectivity index (χ1) is 9.75. The van der Waals surface area contributed by atoms with E-state index in [9.17, 15) is 4.79 Å². The molecule has 0 saturated carbocycles. The van der Waals surface area contributed by atoms with E-state index in [-0.39, 0.29) is 11.9 Å². The molecule has 1 saturated heterocycles. The van der Waals surface area contributed by atoms with E-state index in [1.807, 2.05) is 23.1 Å². The fraction of sp³-hybridized carbons (Fsp3) is 0.267. The molecule has 2 aromatic rings. The van der Waals surface area contributed by atoms with Crippen LogP contribution >= 0.6 is 11.6 Å². The first-order valence-electron chi connectivity index (χ1n) is 6.58. The molecule has 0 aromatic carbocycles. The van der Waals surface area contributed by atoms with Gasteiger partial charge in [0.2, 0.25) is 0 Å². The summed E-state index contributed by atoms with van der Waals surface area (Å²) in [7, 11) is 0. The number of hydrogen-bond acceptors (Lipinski definition) is 3. The average molecular weight is 288 g/mol. The van der Waals surface area contributed by atoms with E-state index >= 15 is 0 Å². The molecular weight excluding hydrogens is 274 g/mol. The summed E-state index contributed by atoms with van der Waals surface area (Å²) >= 11 is 5.90. The molecule has 1 amide bonds. The summed E-state index contributed by atoms with van der Waals surface area (Å²) in [6.07, 6.45) is 6.77. The van der Waals surface area contributed by atoms with Gasteiger partial charge in [-0.05, 0) is 31.0 Å². The Hall–Kier alpha value is -1.94. The van der Waals surface area contributed by atoms with E-state index in [2.05, 4.69) is 9.97 Å². The summed E-state index contributed by atoms with van der Waals surface area (Å²) in [6, 6.07) is 7.50. The third kappa shape index (κ3) is 2.51. The molecule has 5 heteroatoms. The number of nitrogens with zero attached hydrogens (tertiary/aromatic N) is 3. The highest BCUT2D eigenvalue weighted by Crippen LogP contribution is 2.31. The molecule has 0 radical (unpaired) electrons. The second kappa shape index (κ2) is 5.59. The van der Waals surface area contributed by atoms with Crippen LogP contribution in [0.25, 0.3) is 0 Å². The Morgan fingerprint density at radius 1 is 1.35 bits per heavy atom. The highest BCUT2D eigenvalue weighted by molar-refractivity contribution is 6.30. The fourth-order valence-corrected chi connectivity index (χ4v) is 2.76. The van der Waals surface area contributed by atoms with Gasteiger partial charge in [0.15, 0.2) is 0 Å². The molecule has 2 aromatic heterocycles. The number of likely N-dealkylation sites (tertiary alicyclic amines) is 1. The van der Waals surface area contributed by atoms with Crippen LogP contribution in [0.1, 0.15) is 34.9 Å². The number of rotatable bonds is 2. The zero-order valence-corrected chi connectivity index (χ0v) is 11.6. The Kier molecular flexibility index (Phi) is 3.65. The molecule has 0 bridgehead atoms. The van der Waals surface area contributed by atoms with Gasteiger partial charge in [-0.3, -0.25) is 14.8 Å². The Bertz CT molecular complexity index is 618. The van der Waals surface area contributed by atoms with Gasteiger partial charge >= 0.3 is 0 Å². The van der Waals surface area contributed by atoms with Crippen molar-refractivity contribution in [3.8, 4) is 0 Å². The molecule has 0 aliphatic carbocycles. The van der Waals surface area contributed by atoms with Crippen molar-refractivity contribution in [1.29, 1.82) is 0 Å². The van der Waals surface area contributed by atoms with Crippen molar-refractivity contribution >= 4 is 17.5 Å². The van der Waals surface area contributed by atoms with E-state index in [1.165, 1.54) is 6.20 Å². The number of aromatic nitrogens is 2. The highest BCUT2D eigenvalue weighted by Gasteiger charge is 2.31. The first-order valence-corrected chi connectivity index (χ1v) is 6.96. The lowest BCUT2D eigenvalue weighted by Gasteiger charge is -2.24. The van der Waals surface area contributed by atoms with Crippen molar-refractivity contribution < 1.29 is 4.79 Å². The van der Waals surface area contributed by atoms with Crippen LogP contribution in [0.2, 0.25) is 5.02 Å². The van der Waals surface area contributed by atoms with Crippen LogP contribution in [0.3, 0.4) is 0 Å². The molecule has 20 heavy (non-hydrogen) atoms. The standard InChI is InChI=1S/C15H14ClN3O/c16-12-8-11(9-17-10-12)15(20)19-7-3-5-14(19)13-4-1-2-6-18-13/h1-2,4,6,8-10,14H,3,5,7H2. The van der Waals surface area contributed by atoms with Crippen LogP contribution in [0.5, 0.6) is 0 Å². The minimum absolute atomic E-state index is 0.0341. The summed E-state index contributed by atoms with van der Waals surface area (Å²) in [5.74, 6) is -0.0341. The van der Waals surface area contributed by atoms with Gasteiger partial charge in [0.1, 0.15) is 0 Å². The number of carbonyl (C=O) groups excluding carboxylic acids is 1. The maximum atomic E-state index is 12.6. The Morgan fingerprint density at radius 2 is 2.25 bits per heavy atom. The maximum absolute atomic E-state index is 12.6. The first kappa shape index (κ1) is 13.1. The SMILES string of the molecule is O=C(c1cncc(Cl)c1)N1CCCC1c1ccccn1. The summed E-state index contributed by atoms with van der Waals surface area (Å²) in [5.41, 5.74) is 1.47. The van der Waals surface area contributed by atoms with Crippen LogP contribution in [0.4, 0.5) is 0 Å². The van der Waals surface area contributed by atoms with Gasteiger partial charge in [0.25, 0.3) is 5.91 Å². The fourth-order valence-electron chi connectivity index (χ4n) is 2.59. The lowest BCUT2D eigenvalue weighted by molar-refractivity contribution is 0.0732. The molecule has 4 nitrogen and oxygen atoms in total. The molecule has 3 heterocycles. The predicted octanol–water partition coefficient (Wildman–Crippen LogP) is 3.11. The van der Waals surface area contributed by atoms with E-state index in [0.717, 1.165) is 25.1 Å². The summed E-state index contributed by atoms with van der Waals surface area (Å²) in [5, 5.41) is 0.476. The van der Waals surface area contributed by atoms with Gasteiger partial charge < -0.3 is 4.90 Å². The highest BCUT2D eigenvalue weighted by atomic mass is 35.5. The Morgan fingerprint density at radius 3 is 3.00 bits per heavy atom. The zero-order chi connectivity index (χ0) is 13.9. The minimum atomic E-state index is -0.0341. The lowest BCUT2D eigenvalue weighted by atomic mass is 10.1. The van der Waals surface area contributed by atoms with E-state index in [4.69, 9.17) is 11.6 Å². The third-order valence-electron chi connectivity index (χ3n) is 3.49. The molecule has 1 aliphatic heterocycles. The molecule has 1 unspecified atom stereocenters. The summed E-state index contributed by atoms with van der Waals surface area (Å²) < 4.78 is 0. The zero-order valence-electron chi connectivity index (χ0n) is 10.9. The number of hydrogen-bond donors (Lipinski definition) is 0. The molecule has 1 aliphatic rings. The quantitative estimate of drug-likeness (QED) is 0.852. The van der Waals surface area contributed by atoms with Crippen molar-refractivity contribution in [1.82, 2.24) is 14.9 Å². The molecule has 0 spiro atoms. The number of amides is 1. The number of halogens is 1. The normalized spacial score (nSPS) is 18.2. The molecule has 0 N–H and O–H groups in total. The predicted molar refractivity (Wildman–Crippen MR) is 76.5 cm³/mol. The molecule has 1 fully saturated rings. The van der Waals surface area contributed by atoms with Crippen molar-refractivity contribution in [2.24, 2.45) is 0 Å². The topological polar surface area (TPSA) is 46.1 Å². The van der Waals surface area contributed by atoms with Crippen LogP contribution in [0.15, 0.2) is 42.9 Å². The van der Waals surface area contributed by atoms with E-state index in [0.29, 0.717) is 10.6 Å². The third-order valence-corrected chi connectivity index (χ3v) is 3.70. The maximum Gasteiger partial charge on any atom is 0.256 e. The molecule has 3 rings (SSSR count). The summed E-state index contributed by atoms with van der Waals surface area (Å²) in [4.78, 5) is 22.8. The van der Waals surface area contributed by atoms with Crippen molar-refractivity contribution in [3.63, 3.8) is 0 Å². The van der Waals surface area contributed by atoms with Crippen molar-refractivity contribution in [2.45, 2.75) is 18.9 Å². The van der Waals surface area contributed by atoms with Crippen molar-refractivity contribution in [3.05, 3.63) is 59.1 Å². The second-order valence-electron chi connectivity index (χ2n) is 4.80. The van der Waals surface area contributed by atoms with Crippen LogP contribution in [0, 0.1) is 0 Å². The average Bonchev–Trinajstić information content (AvgIpc) is 2.97. The van der Waals surface area contributed by atoms with Crippen LogP contribution in [-0.2, 0) is 0 Å². The van der Waals surface area contributed by atoms with Crippen molar-refractivity contribution in [2.75, 3.05) is 6.54 Å². The largest absolute Gasteiger partial charge is 0.330 e. The van der Waals surface area contributed by atoms with Gasteiger partial charge in [-0.2, -0.15) is 0 Å². The molecule has 1 atom stereocenters. The van der Waals surface area contributed by atoms with Crippen LogP contribution in [-0.4, -0.2) is 27.3 Å². The number of carbonyl (C=O) groups is 1. The summed E-state index contributed by atoms with van der Waals surface area (Å²) in [6.45, 7) is 0.743. The Balaban J connectivity index is 1.87.